The highest BCUT2D eigenvalue weighted by atomic mass is 15.2. The van der Waals surface area contributed by atoms with E-state index in [-0.39, 0.29) is 0 Å². The number of rotatable bonds is 7. The second-order valence-corrected chi connectivity index (χ2v) is 15.6. The summed E-state index contributed by atoms with van der Waals surface area (Å²) >= 11 is 0. The first-order chi connectivity index (χ1) is 30.8. The summed E-state index contributed by atoms with van der Waals surface area (Å²) in [6.07, 6.45) is 0. The highest BCUT2D eigenvalue weighted by Crippen LogP contribution is 2.41. The van der Waals surface area contributed by atoms with Gasteiger partial charge in [0.1, 0.15) is 0 Å². The van der Waals surface area contributed by atoms with Gasteiger partial charge in [-0.1, -0.05) is 176 Å². The summed E-state index contributed by atoms with van der Waals surface area (Å²) in [5.74, 6) is 1.72. The smallest absolute Gasteiger partial charge is 0.238 e. The summed E-state index contributed by atoms with van der Waals surface area (Å²) in [5.41, 5.74) is 13.8. The van der Waals surface area contributed by atoms with Gasteiger partial charge in [-0.25, -0.2) is 4.98 Å². The lowest BCUT2D eigenvalue weighted by Gasteiger charge is -2.17. The minimum atomic E-state index is 0.552. The van der Waals surface area contributed by atoms with Crippen LogP contribution in [0.2, 0.25) is 0 Å². The molecule has 62 heavy (non-hydrogen) atoms. The Labute approximate surface area is 358 Å². The summed E-state index contributed by atoms with van der Waals surface area (Å²) in [4.78, 5) is 16.4. The Balaban J connectivity index is 1.17. The highest BCUT2D eigenvalue weighted by molar-refractivity contribution is 6.14. The number of nitrogens with zero attached hydrogens (tertiary/aromatic N) is 5. The van der Waals surface area contributed by atoms with Crippen molar-refractivity contribution in [2.24, 2.45) is 0 Å². The van der Waals surface area contributed by atoms with E-state index in [1.165, 1.54) is 10.8 Å². The van der Waals surface area contributed by atoms with Gasteiger partial charge in [0.05, 0.1) is 27.8 Å². The maximum absolute atomic E-state index is 5.48. The van der Waals surface area contributed by atoms with Gasteiger partial charge in [0.15, 0.2) is 11.6 Å². The van der Waals surface area contributed by atoms with Crippen LogP contribution in [0.4, 0.5) is 0 Å². The van der Waals surface area contributed by atoms with Crippen molar-refractivity contribution in [3.63, 3.8) is 0 Å². The maximum atomic E-state index is 5.48. The average Bonchev–Trinajstić information content (AvgIpc) is 3.88. The van der Waals surface area contributed by atoms with Crippen LogP contribution in [0.3, 0.4) is 0 Å². The van der Waals surface area contributed by atoms with Gasteiger partial charge in [0, 0.05) is 38.2 Å². The molecule has 0 N–H and O–H groups in total. The van der Waals surface area contributed by atoms with Crippen LogP contribution < -0.4 is 0 Å². The molecule has 0 radical (unpaired) electrons. The fourth-order valence-electron chi connectivity index (χ4n) is 9.18. The Morgan fingerprint density at radius 2 is 0.710 bits per heavy atom. The molecule has 0 aliphatic carbocycles. The first kappa shape index (κ1) is 35.5. The topological polar surface area (TPSA) is 48.5 Å². The van der Waals surface area contributed by atoms with Crippen molar-refractivity contribution in [3.05, 3.63) is 224 Å². The van der Waals surface area contributed by atoms with Crippen molar-refractivity contribution in [2.45, 2.75) is 0 Å². The molecule has 3 aromatic heterocycles. The molecule has 0 spiro atoms. The molecule has 5 nitrogen and oxygen atoms in total. The third kappa shape index (κ3) is 5.90. The van der Waals surface area contributed by atoms with Crippen LogP contribution in [0.5, 0.6) is 0 Å². The van der Waals surface area contributed by atoms with E-state index in [0.717, 1.165) is 83.0 Å². The molecule has 0 amide bonds. The second kappa shape index (κ2) is 14.7. The van der Waals surface area contributed by atoms with Gasteiger partial charge in [-0.3, -0.25) is 4.57 Å². The quantitative estimate of drug-likeness (QED) is 0.162. The number of hydrogen-bond donors (Lipinski definition) is 0. The van der Waals surface area contributed by atoms with E-state index >= 15 is 0 Å². The number of aromatic nitrogens is 5. The summed E-state index contributed by atoms with van der Waals surface area (Å²) in [7, 11) is 0. The van der Waals surface area contributed by atoms with Gasteiger partial charge in [-0.05, 0) is 76.3 Å². The van der Waals surface area contributed by atoms with Crippen LogP contribution in [-0.4, -0.2) is 24.1 Å². The number of fused-ring (bicyclic) bond motifs is 6. The predicted octanol–water partition coefficient (Wildman–Crippen LogP) is 14.4. The van der Waals surface area contributed by atoms with Crippen LogP contribution in [0, 0.1) is 0 Å². The normalized spacial score (nSPS) is 11.5. The second-order valence-electron chi connectivity index (χ2n) is 15.6. The van der Waals surface area contributed by atoms with Crippen molar-refractivity contribution in [3.8, 4) is 67.8 Å². The maximum Gasteiger partial charge on any atom is 0.238 e. The Morgan fingerprint density at radius 1 is 0.274 bits per heavy atom. The van der Waals surface area contributed by atoms with E-state index in [4.69, 9.17) is 15.0 Å². The standard InChI is InChI=1S/C57H37N5/c1-4-19-38(20-5-1)41-35-42(39-21-6-2-7-22-39)37-43(36-41)55-58-56(60-57(59-55)62-51-32-15-10-25-45(51)46-26-11-16-33-52(46)62)49-28-13-17-34-53(49)61-50-31-14-12-27-47(50)48-30-18-29-44(54(48)61)40-23-8-3-9-24-40/h1-37H. The molecule has 0 saturated carbocycles. The fraction of sp³-hybridized carbons (Fsp3) is 0. The van der Waals surface area contributed by atoms with Gasteiger partial charge >= 0.3 is 0 Å². The Morgan fingerprint density at radius 3 is 1.32 bits per heavy atom. The Bertz CT molecular complexity index is 3510. The lowest BCUT2D eigenvalue weighted by atomic mass is 9.96. The van der Waals surface area contributed by atoms with Crippen LogP contribution >= 0.6 is 0 Å². The molecular formula is C57H37N5. The molecule has 0 aliphatic heterocycles. The molecule has 0 aliphatic rings. The molecule has 0 atom stereocenters. The summed E-state index contributed by atoms with van der Waals surface area (Å²) < 4.78 is 4.59. The van der Waals surface area contributed by atoms with E-state index in [2.05, 4.69) is 234 Å². The Hall–Kier alpha value is -8.41. The van der Waals surface area contributed by atoms with Crippen molar-refractivity contribution in [1.29, 1.82) is 0 Å². The molecular weight excluding hydrogens is 755 g/mol. The zero-order valence-corrected chi connectivity index (χ0v) is 33.6. The molecule has 3 heterocycles. The molecule has 290 valence electrons. The van der Waals surface area contributed by atoms with Crippen molar-refractivity contribution in [1.82, 2.24) is 24.1 Å². The largest absolute Gasteiger partial charge is 0.308 e. The summed E-state index contributed by atoms with van der Waals surface area (Å²) in [6, 6.07) is 79.2. The van der Waals surface area contributed by atoms with Gasteiger partial charge in [-0.15, -0.1) is 0 Å². The molecule has 5 heteroatoms. The van der Waals surface area contributed by atoms with Crippen LogP contribution in [-0.2, 0) is 0 Å². The SMILES string of the molecule is c1ccc(-c2cc(-c3ccccc3)cc(-c3nc(-c4ccccc4-n4c5ccccc5c5cccc(-c6ccccc6)c54)nc(-n4c5ccccc5c5ccccc54)n3)c2)cc1. The molecule has 0 saturated heterocycles. The number of hydrogen-bond acceptors (Lipinski definition) is 3. The molecule has 0 fully saturated rings. The lowest BCUT2D eigenvalue weighted by molar-refractivity contribution is 0.952. The first-order valence-corrected chi connectivity index (χ1v) is 21.0. The molecule has 12 rings (SSSR count). The van der Waals surface area contributed by atoms with Crippen molar-refractivity contribution < 1.29 is 0 Å². The van der Waals surface area contributed by atoms with Crippen LogP contribution in [0.1, 0.15) is 0 Å². The monoisotopic (exact) mass is 791 g/mol. The number of benzene rings is 9. The van der Waals surface area contributed by atoms with Crippen LogP contribution in [0.25, 0.3) is 111 Å². The van der Waals surface area contributed by atoms with Gasteiger partial charge in [0.2, 0.25) is 5.95 Å². The third-order valence-electron chi connectivity index (χ3n) is 12.0. The molecule has 0 bridgehead atoms. The summed E-state index contributed by atoms with van der Waals surface area (Å²) in [6.45, 7) is 0. The van der Waals surface area contributed by atoms with Gasteiger partial charge in [-0.2, -0.15) is 9.97 Å². The molecule has 12 aromatic rings. The Kier molecular flexibility index (Phi) is 8.42. The minimum Gasteiger partial charge on any atom is -0.308 e. The van der Waals surface area contributed by atoms with Gasteiger partial charge < -0.3 is 4.57 Å². The van der Waals surface area contributed by atoms with Crippen LogP contribution in [0.15, 0.2) is 224 Å². The molecule has 0 unspecified atom stereocenters. The average molecular weight is 792 g/mol. The predicted molar refractivity (Wildman–Crippen MR) is 256 cm³/mol. The lowest BCUT2D eigenvalue weighted by Crippen LogP contribution is -2.08. The highest BCUT2D eigenvalue weighted by Gasteiger charge is 2.23. The third-order valence-corrected chi connectivity index (χ3v) is 12.0. The van der Waals surface area contributed by atoms with E-state index in [0.29, 0.717) is 17.6 Å². The number of para-hydroxylation sites is 5. The van der Waals surface area contributed by atoms with E-state index < -0.39 is 0 Å². The minimum absolute atomic E-state index is 0.552. The van der Waals surface area contributed by atoms with E-state index in [9.17, 15) is 0 Å². The van der Waals surface area contributed by atoms with Gasteiger partial charge in [0.25, 0.3) is 0 Å². The zero-order chi connectivity index (χ0) is 41.0. The van der Waals surface area contributed by atoms with E-state index in [1.807, 2.05) is 0 Å². The van der Waals surface area contributed by atoms with Crippen molar-refractivity contribution in [2.75, 3.05) is 0 Å². The fourth-order valence-corrected chi connectivity index (χ4v) is 9.18. The first-order valence-electron chi connectivity index (χ1n) is 21.0. The van der Waals surface area contributed by atoms with Crippen molar-refractivity contribution >= 4 is 43.6 Å². The van der Waals surface area contributed by atoms with E-state index in [1.54, 1.807) is 0 Å². The zero-order valence-electron chi connectivity index (χ0n) is 33.6. The molecule has 9 aromatic carbocycles. The summed E-state index contributed by atoms with van der Waals surface area (Å²) in [5, 5.41) is 4.65.